The van der Waals surface area contributed by atoms with Crippen LogP contribution in [0.2, 0.25) is 0 Å². The topological polar surface area (TPSA) is 53.1 Å². The van der Waals surface area contributed by atoms with Crippen LogP contribution in [0.15, 0.2) is 18.2 Å². The van der Waals surface area contributed by atoms with Gasteiger partial charge in [-0.2, -0.15) is 0 Å². The fourth-order valence-electron chi connectivity index (χ4n) is 2.97. The second kappa shape index (κ2) is 5.19. The van der Waals surface area contributed by atoms with Crippen molar-refractivity contribution in [3.05, 3.63) is 29.6 Å². The van der Waals surface area contributed by atoms with Crippen molar-refractivity contribution in [3.8, 4) is 0 Å². The number of benzene rings is 1. The van der Waals surface area contributed by atoms with Crippen molar-refractivity contribution in [2.45, 2.75) is 33.1 Å². The first kappa shape index (κ1) is 13.8. The van der Waals surface area contributed by atoms with Crippen LogP contribution in [0.5, 0.6) is 0 Å². The number of rotatable bonds is 4. The fourth-order valence-corrected chi connectivity index (χ4v) is 2.97. The minimum absolute atomic E-state index is 0.0694. The number of halogens is 1. The summed E-state index contributed by atoms with van der Waals surface area (Å²) in [6, 6.07) is 4.54. The van der Waals surface area contributed by atoms with Crippen LogP contribution in [0, 0.1) is 16.6 Å². The molecule has 0 aromatic heterocycles. The van der Waals surface area contributed by atoms with Crippen molar-refractivity contribution >= 4 is 11.5 Å². The van der Waals surface area contributed by atoms with E-state index in [0.717, 1.165) is 38.0 Å². The van der Waals surface area contributed by atoms with Gasteiger partial charge in [-0.15, -0.1) is 0 Å². The van der Waals surface area contributed by atoms with Gasteiger partial charge in [0, 0.05) is 24.3 Å². The van der Waals surface area contributed by atoms with Gasteiger partial charge in [0.1, 0.15) is 11.7 Å². The molecule has 0 amide bonds. The van der Waals surface area contributed by atoms with Crippen molar-refractivity contribution in [2.24, 2.45) is 11.1 Å². The molecule has 0 atom stereocenters. The first-order valence-electron chi connectivity index (χ1n) is 6.90. The highest BCUT2D eigenvalue weighted by Crippen LogP contribution is 2.39. The number of hydrogen-bond acceptors (Lipinski definition) is 2. The van der Waals surface area contributed by atoms with E-state index in [2.05, 4.69) is 18.7 Å². The first-order chi connectivity index (χ1) is 9.01. The Morgan fingerprint density at radius 1 is 1.42 bits per heavy atom. The van der Waals surface area contributed by atoms with E-state index in [1.165, 1.54) is 12.1 Å². The van der Waals surface area contributed by atoms with E-state index in [1.807, 2.05) is 0 Å². The van der Waals surface area contributed by atoms with Crippen LogP contribution in [-0.2, 0) is 0 Å². The summed E-state index contributed by atoms with van der Waals surface area (Å²) >= 11 is 0. The smallest absolute Gasteiger partial charge is 0.125 e. The lowest BCUT2D eigenvalue weighted by Gasteiger charge is -2.28. The molecule has 3 nitrogen and oxygen atoms in total. The van der Waals surface area contributed by atoms with Crippen LogP contribution in [-0.4, -0.2) is 18.9 Å². The SMILES string of the molecule is CCC1(CC)CCN(c2ccc(F)cc2C(=N)N)C1. The molecule has 4 heteroatoms. The van der Waals surface area contributed by atoms with Gasteiger partial charge in [0.05, 0.1) is 0 Å². The highest BCUT2D eigenvalue weighted by atomic mass is 19.1. The zero-order valence-corrected chi connectivity index (χ0v) is 11.7. The minimum atomic E-state index is -0.342. The predicted molar refractivity (Wildman–Crippen MR) is 77.3 cm³/mol. The predicted octanol–water partition coefficient (Wildman–Crippen LogP) is 3.13. The number of nitrogen functional groups attached to an aromatic ring is 1. The number of nitrogens with two attached hydrogens (primary N) is 1. The lowest BCUT2D eigenvalue weighted by molar-refractivity contribution is 0.301. The Balaban J connectivity index is 2.31. The van der Waals surface area contributed by atoms with Gasteiger partial charge in [0.2, 0.25) is 0 Å². The van der Waals surface area contributed by atoms with Crippen LogP contribution in [0.1, 0.15) is 38.7 Å². The van der Waals surface area contributed by atoms with Crippen LogP contribution in [0.25, 0.3) is 0 Å². The zero-order chi connectivity index (χ0) is 14.0. The average Bonchev–Trinajstić information content (AvgIpc) is 2.83. The van der Waals surface area contributed by atoms with Crippen molar-refractivity contribution in [2.75, 3.05) is 18.0 Å². The molecule has 1 heterocycles. The molecule has 1 aromatic rings. The molecule has 0 bridgehead atoms. The third-order valence-corrected chi connectivity index (χ3v) is 4.53. The van der Waals surface area contributed by atoms with E-state index < -0.39 is 0 Å². The van der Waals surface area contributed by atoms with E-state index in [4.69, 9.17) is 11.1 Å². The maximum atomic E-state index is 13.3. The van der Waals surface area contributed by atoms with Crippen LogP contribution < -0.4 is 10.6 Å². The summed E-state index contributed by atoms with van der Waals surface area (Å²) in [4.78, 5) is 2.24. The molecule has 0 unspecified atom stereocenters. The number of amidine groups is 1. The van der Waals surface area contributed by atoms with Crippen molar-refractivity contribution in [1.82, 2.24) is 0 Å². The summed E-state index contributed by atoms with van der Waals surface area (Å²) in [5, 5.41) is 7.61. The molecular formula is C15H22FN3. The second-order valence-corrected chi connectivity index (χ2v) is 5.45. The summed E-state index contributed by atoms with van der Waals surface area (Å²) < 4.78 is 13.3. The maximum absolute atomic E-state index is 13.3. The third-order valence-electron chi connectivity index (χ3n) is 4.53. The molecule has 104 valence electrons. The lowest BCUT2D eigenvalue weighted by atomic mass is 9.82. The summed E-state index contributed by atoms with van der Waals surface area (Å²) in [6.45, 7) is 6.37. The summed E-state index contributed by atoms with van der Waals surface area (Å²) in [6.07, 6.45) is 3.45. The van der Waals surface area contributed by atoms with Gasteiger partial charge in [-0.25, -0.2) is 4.39 Å². The van der Waals surface area contributed by atoms with E-state index >= 15 is 0 Å². The lowest BCUT2D eigenvalue weighted by Crippen LogP contribution is -2.28. The molecule has 1 aliphatic rings. The normalized spacial score (nSPS) is 17.7. The standard InChI is InChI=1S/C15H22FN3/c1-3-15(4-2)7-8-19(10-15)13-6-5-11(16)9-12(13)14(17)18/h5-6,9H,3-4,7-8,10H2,1-2H3,(H3,17,18). The Labute approximate surface area is 114 Å². The van der Waals surface area contributed by atoms with Crippen LogP contribution in [0.4, 0.5) is 10.1 Å². The van der Waals surface area contributed by atoms with E-state index in [1.54, 1.807) is 6.07 Å². The van der Waals surface area contributed by atoms with Gasteiger partial charge in [0.25, 0.3) is 0 Å². The van der Waals surface area contributed by atoms with Gasteiger partial charge in [-0.05, 0) is 42.9 Å². The van der Waals surface area contributed by atoms with E-state index in [-0.39, 0.29) is 11.7 Å². The Bertz CT molecular complexity index is 480. The molecule has 2 rings (SSSR count). The molecule has 0 spiro atoms. The zero-order valence-electron chi connectivity index (χ0n) is 11.7. The summed E-state index contributed by atoms with van der Waals surface area (Å²) in [5.74, 6) is -0.412. The molecule has 1 aromatic carbocycles. The first-order valence-corrected chi connectivity index (χ1v) is 6.90. The third kappa shape index (κ3) is 2.57. The van der Waals surface area contributed by atoms with Gasteiger partial charge in [0.15, 0.2) is 0 Å². The Hall–Kier alpha value is -1.58. The van der Waals surface area contributed by atoms with Gasteiger partial charge < -0.3 is 10.6 Å². The Morgan fingerprint density at radius 3 is 2.63 bits per heavy atom. The Morgan fingerprint density at radius 2 is 2.11 bits per heavy atom. The average molecular weight is 263 g/mol. The minimum Gasteiger partial charge on any atom is -0.384 e. The quantitative estimate of drug-likeness (QED) is 0.647. The molecule has 0 radical (unpaired) electrons. The highest BCUT2D eigenvalue weighted by Gasteiger charge is 2.35. The molecule has 3 N–H and O–H groups in total. The van der Waals surface area contributed by atoms with E-state index in [9.17, 15) is 4.39 Å². The number of nitrogens with zero attached hydrogens (tertiary/aromatic N) is 1. The van der Waals surface area contributed by atoms with Gasteiger partial charge in [-0.3, -0.25) is 5.41 Å². The van der Waals surface area contributed by atoms with Crippen LogP contribution >= 0.6 is 0 Å². The van der Waals surface area contributed by atoms with Crippen molar-refractivity contribution in [3.63, 3.8) is 0 Å². The van der Waals surface area contributed by atoms with Crippen molar-refractivity contribution < 1.29 is 4.39 Å². The number of anilines is 1. The molecule has 0 saturated carbocycles. The summed E-state index contributed by atoms with van der Waals surface area (Å²) in [5.41, 5.74) is 7.31. The summed E-state index contributed by atoms with van der Waals surface area (Å²) in [7, 11) is 0. The largest absolute Gasteiger partial charge is 0.384 e. The molecule has 0 aliphatic carbocycles. The second-order valence-electron chi connectivity index (χ2n) is 5.45. The van der Waals surface area contributed by atoms with Gasteiger partial charge >= 0.3 is 0 Å². The molecule has 19 heavy (non-hydrogen) atoms. The Kier molecular flexibility index (Phi) is 3.78. The highest BCUT2D eigenvalue weighted by molar-refractivity contribution is 6.00. The van der Waals surface area contributed by atoms with Crippen LogP contribution in [0.3, 0.4) is 0 Å². The molecule has 1 saturated heterocycles. The number of nitrogens with one attached hydrogen (secondary N) is 1. The maximum Gasteiger partial charge on any atom is 0.125 e. The monoisotopic (exact) mass is 263 g/mol. The molecule has 1 aliphatic heterocycles. The van der Waals surface area contributed by atoms with E-state index in [0.29, 0.717) is 11.0 Å². The fraction of sp³-hybridized carbons (Fsp3) is 0.533. The van der Waals surface area contributed by atoms with Gasteiger partial charge in [-0.1, -0.05) is 13.8 Å². The molecule has 1 fully saturated rings. The molecular weight excluding hydrogens is 241 g/mol. The van der Waals surface area contributed by atoms with Crippen molar-refractivity contribution in [1.29, 1.82) is 5.41 Å². The number of hydrogen-bond donors (Lipinski definition) is 2.